The fourth-order valence-electron chi connectivity index (χ4n) is 3.03. The van der Waals surface area contributed by atoms with Crippen molar-refractivity contribution >= 4 is 5.69 Å². The van der Waals surface area contributed by atoms with Gasteiger partial charge in [0.25, 0.3) is 0 Å². The van der Waals surface area contributed by atoms with Crippen molar-refractivity contribution in [1.82, 2.24) is 10.2 Å². The standard InChI is InChI=1S/C17H27N3/c1-15(9-10-18-16-7-8-16)19-11-13-20(14-12-19)17-5-3-2-4-6-17/h2-6,15-16,18H,7-14H2,1H3. The predicted molar refractivity (Wildman–Crippen MR) is 85.3 cm³/mol. The zero-order chi connectivity index (χ0) is 13.8. The van der Waals surface area contributed by atoms with Crippen LogP contribution in [-0.4, -0.2) is 49.7 Å². The Morgan fingerprint density at radius 2 is 1.80 bits per heavy atom. The van der Waals surface area contributed by atoms with Crippen molar-refractivity contribution in [2.75, 3.05) is 37.6 Å². The fourth-order valence-corrected chi connectivity index (χ4v) is 3.03. The molecule has 1 aromatic carbocycles. The molecule has 1 atom stereocenters. The number of benzene rings is 1. The van der Waals surface area contributed by atoms with Crippen LogP contribution in [0.5, 0.6) is 0 Å². The Hall–Kier alpha value is -1.06. The summed E-state index contributed by atoms with van der Waals surface area (Å²) in [6.07, 6.45) is 4.07. The lowest BCUT2D eigenvalue weighted by Gasteiger charge is -2.39. The highest BCUT2D eigenvalue weighted by Crippen LogP contribution is 2.19. The van der Waals surface area contributed by atoms with Crippen LogP contribution in [0.3, 0.4) is 0 Å². The minimum atomic E-state index is 0.708. The highest BCUT2D eigenvalue weighted by molar-refractivity contribution is 5.46. The molecule has 2 aliphatic rings. The molecule has 1 saturated carbocycles. The van der Waals surface area contributed by atoms with E-state index in [1.165, 1.54) is 44.6 Å². The molecule has 3 heteroatoms. The van der Waals surface area contributed by atoms with Gasteiger partial charge in [-0.3, -0.25) is 4.90 Å². The lowest BCUT2D eigenvalue weighted by molar-refractivity contribution is 0.188. The maximum atomic E-state index is 3.62. The van der Waals surface area contributed by atoms with Gasteiger partial charge in [-0.25, -0.2) is 0 Å². The summed E-state index contributed by atoms with van der Waals surface area (Å²) in [6, 6.07) is 12.4. The summed E-state index contributed by atoms with van der Waals surface area (Å²) in [5, 5.41) is 3.62. The molecule has 1 unspecified atom stereocenters. The van der Waals surface area contributed by atoms with E-state index in [1.807, 2.05) is 0 Å². The second-order valence-electron chi connectivity index (χ2n) is 6.22. The maximum Gasteiger partial charge on any atom is 0.0367 e. The first-order valence-corrected chi connectivity index (χ1v) is 8.10. The molecule has 1 aromatic rings. The van der Waals surface area contributed by atoms with Crippen molar-refractivity contribution in [3.63, 3.8) is 0 Å². The number of piperazine rings is 1. The molecule has 1 saturated heterocycles. The molecule has 3 nitrogen and oxygen atoms in total. The Balaban J connectivity index is 1.40. The summed E-state index contributed by atoms with van der Waals surface area (Å²) in [5.41, 5.74) is 1.37. The first-order chi connectivity index (χ1) is 9.83. The van der Waals surface area contributed by atoms with Crippen molar-refractivity contribution in [1.29, 1.82) is 0 Å². The van der Waals surface area contributed by atoms with Gasteiger partial charge >= 0.3 is 0 Å². The number of hydrogen-bond donors (Lipinski definition) is 1. The Bertz CT molecular complexity index is 394. The van der Waals surface area contributed by atoms with Gasteiger partial charge in [-0.15, -0.1) is 0 Å². The summed E-state index contributed by atoms with van der Waals surface area (Å²) in [7, 11) is 0. The number of nitrogens with one attached hydrogen (secondary N) is 1. The summed E-state index contributed by atoms with van der Waals surface area (Å²) < 4.78 is 0. The SMILES string of the molecule is CC(CCNC1CC1)N1CCN(c2ccccc2)CC1. The van der Waals surface area contributed by atoms with Crippen LogP contribution in [-0.2, 0) is 0 Å². The highest BCUT2D eigenvalue weighted by Gasteiger charge is 2.23. The van der Waals surface area contributed by atoms with Gasteiger partial charge in [-0.2, -0.15) is 0 Å². The molecule has 1 heterocycles. The molecule has 0 aromatic heterocycles. The van der Waals surface area contributed by atoms with Gasteiger partial charge in [0.05, 0.1) is 0 Å². The minimum Gasteiger partial charge on any atom is -0.369 e. The van der Waals surface area contributed by atoms with Crippen molar-refractivity contribution < 1.29 is 0 Å². The molecule has 0 amide bonds. The number of nitrogens with zero attached hydrogens (tertiary/aromatic N) is 2. The van der Waals surface area contributed by atoms with Crippen LogP contribution in [0.2, 0.25) is 0 Å². The van der Waals surface area contributed by atoms with Crippen molar-refractivity contribution in [3.05, 3.63) is 30.3 Å². The number of para-hydroxylation sites is 1. The molecule has 1 N–H and O–H groups in total. The third-order valence-electron chi connectivity index (χ3n) is 4.63. The maximum absolute atomic E-state index is 3.62. The van der Waals surface area contributed by atoms with Gasteiger partial charge in [-0.05, 0) is 44.9 Å². The fraction of sp³-hybridized carbons (Fsp3) is 0.647. The van der Waals surface area contributed by atoms with E-state index < -0.39 is 0 Å². The topological polar surface area (TPSA) is 18.5 Å². The van der Waals surface area contributed by atoms with E-state index in [0.717, 1.165) is 19.1 Å². The van der Waals surface area contributed by atoms with E-state index in [2.05, 4.69) is 52.4 Å². The van der Waals surface area contributed by atoms with Gasteiger partial charge in [0.15, 0.2) is 0 Å². The van der Waals surface area contributed by atoms with E-state index in [9.17, 15) is 0 Å². The number of anilines is 1. The molecular formula is C17H27N3. The van der Waals surface area contributed by atoms with Crippen LogP contribution in [0.25, 0.3) is 0 Å². The van der Waals surface area contributed by atoms with Gasteiger partial charge in [0, 0.05) is 44.0 Å². The molecule has 0 bridgehead atoms. The first kappa shape index (κ1) is 13.9. The zero-order valence-electron chi connectivity index (χ0n) is 12.6. The van der Waals surface area contributed by atoms with Gasteiger partial charge in [0.2, 0.25) is 0 Å². The van der Waals surface area contributed by atoms with Gasteiger partial charge in [-0.1, -0.05) is 18.2 Å². The second kappa shape index (κ2) is 6.59. The van der Waals surface area contributed by atoms with Crippen molar-refractivity contribution in [3.8, 4) is 0 Å². The van der Waals surface area contributed by atoms with Crippen LogP contribution in [0.1, 0.15) is 26.2 Å². The second-order valence-corrected chi connectivity index (χ2v) is 6.22. The van der Waals surface area contributed by atoms with Crippen molar-refractivity contribution in [2.24, 2.45) is 0 Å². The first-order valence-electron chi connectivity index (χ1n) is 8.10. The average molecular weight is 273 g/mol. The molecule has 0 radical (unpaired) electrons. The Kier molecular flexibility index (Phi) is 4.58. The van der Waals surface area contributed by atoms with E-state index in [-0.39, 0.29) is 0 Å². The van der Waals surface area contributed by atoms with Crippen molar-refractivity contribution in [2.45, 2.75) is 38.3 Å². The molecular weight excluding hydrogens is 246 g/mol. The van der Waals surface area contributed by atoms with Crippen LogP contribution in [0.15, 0.2) is 30.3 Å². The molecule has 20 heavy (non-hydrogen) atoms. The highest BCUT2D eigenvalue weighted by atomic mass is 15.3. The minimum absolute atomic E-state index is 0.708. The van der Waals surface area contributed by atoms with E-state index >= 15 is 0 Å². The molecule has 3 rings (SSSR count). The summed E-state index contributed by atoms with van der Waals surface area (Å²) in [5.74, 6) is 0. The quantitative estimate of drug-likeness (QED) is 0.858. The number of rotatable bonds is 6. The van der Waals surface area contributed by atoms with E-state index in [1.54, 1.807) is 0 Å². The van der Waals surface area contributed by atoms with E-state index in [4.69, 9.17) is 0 Å². The lowest BCUT2D eigenvalue weighted by Crippen LogP contribution is -2.50. The van der Waals surface area contributed by atoms with Gasteiger partial charge < -0.3 is 10.2 Å². The van der Waals surface area contributed by atoms with Crippen LogP contribution in [0, 0.1) is 0 Å². The summed E-state index contributed by atoms with van der Waals surface area (Å²) in [4.78, 5) is 5.15. The van der Waals surface area contributed by atoms with Crippen LogP contribution < -0.4 is 10.2 Å². The summed E-state index contributed by atoms with van der Waals surface area (Å²) in [6.45, 7) is 8.27. The molecule has 1 aliphatic heterocycles. The van der Waals surface area contributed by atoms with E-state index in [0.29, 0.717) is 6.04 Å². The predicted octanol–water partition coefficient (Wildman–Crippen LogP) is 2.34. The zero-order valence-corrected chi connectivity index (χ0v) is 12.6. The molecule has 2 fully saturated rings. The van der Waals surface area contributed by atoms with Gasteiger partial charge in [0.1, 0.15) is 0 Å². The molecule has 110 valence electrons. The molecule has 1 aliphatic carbocycles. The largest absolute Gasteiger partial charge is 0.369 e. The molecule has 0 spiro atoms. The third-order valence-corrected chi connectivity index (χ3v) is 4.63. The Labute approximate surface area is 123 Å². The average Bonchev–Trinajstić information content (AvgIpc) is 3.32. The summed E-state index contributed by atoms with van der Waals surface area (Å²) >= 11 is 0. The number of hydrogen-bond acceptors (Lipinski definition) is 3. The monoisotopic (exact) mass is 273 g/mol. The smallest absolute Gasteiger partial charge is 0.0367 e. The Morgan fingerprint density at radius 3 is 2.45 bits per heavy atom. The third kappa shape index (κ3) is 3.74. The van der Waals surface area contributed by atoms with Crippen LogP contribution in [0.4, 0.5) is 5.69 Å². The van der Waals surface area contributed by atoms with Crippen LogP contribution >= 0.6 is 0 Å². The normalized spacial score (nSPS) is 21.9. The lowest BCUT2D eigenvalue weighted by atomic mass is 10.1. The Morgan fingerprint density at radius 1 is 1.10 bits per heavy atom.